The molecule has 0 aliphatic rings. The third kappa shape index (κ3) is 4.05. The van der Waals surface area contributed by atoms with Crippen LogP contribution in [0, 0.1) is 17.6 Å². The van der Waals surface area contributed by atoms with Crippen molar-refractivity contribution < 1.29 is 8.78 Å². The highest BCUT2D eigenvalue weighted by Crippen LogP contribution is 2.19. The van der Waals surface area contributed by atoms with Gasteiger partial charge in [-0.15, -0.1) is 0 Å². The Hall–Kier alpha value is -0.960. The van der Waals surface area contributed by atoms with Gasteiger partial charge in [0.05, 0.1) is 0 Å². The topological polar surface area (TPSA) is 12.0 Å². The van der Waals surface area contributed by atoms with Gasteiger partial charge in [-0.1, -0.05) is 26.8 Å². The van der Waals surface area contributed by atoms with Gasteiger partial charge in [0.2, 0.25) is 0 Å². The van der Waals surface area contributed by atoms with Crippen LogP contribution in [0.4, 0.5) is 8.78 Å². The molecule has 2 atom stereocenters. The van der Waals surface area contributed by atoms with E-state index in [-0.39, 0.29) is 11.5 Å². The van der Waals surface area contributed by atoms with Gasteiger partial charge in [-0.3, -0.25) is 0 Å². The van der Waals surface area contributed by atoms with Crippen LogP contribution in [0.3, 0.4) is 0 Å². The van der Waals surface area contributed by atoms with Crippen LogP contribution < -0.4 is 5.32 Å². The quantitative estimate of drug-likeness (QED) is 0.778. The molecule has 1 aromatic rings. The number of hydrogen-bond acceptors (Lipinski definition) is 1. The average Bonchev–Trinajstić information content (AvgIpc) is 2.35. The van der Waals surface area contributed by atoms with Crippen molar-refractivity contribution in [3.63, 3.8) is 0 Å². The monoisotopic (exact) mass is 255 g/mol. The second kappa shape index (κ2) is 7.47. The number of halogens is 2. The number of nitrogens with one attached hydrogen (secondary N) is 1. The lowest BCUT2D eigenvalue weighted by molar-refractivity contribution is 0.357. The zero-order valence-electron chi connectivity index (χ0n) is 11.5. The van der Waals surface area contributed by atoms with Crippen molar-refractivity contribution in [3.05, 3.63) is 35.4 Å². The standard InChI is InChI=1S/C15H23F2N/c1-4-9-18-15(5-2)11(3)10-12-13(16)7-6-8-14(12)17/h6-8,11,15,18H,4-5,9-10H2,1-3H3. The third-order valence-electron chi connectivity index (χ3n) is 3.37. The molecule has 0 radical (unpaired) electrons. The molecule has 0 amide bonds. The van der Waals surface area contributed by atoms with Gasteiger partial charge in [0.1, 0.15) is 11.6 Å². The summed E-state index contributed by atoms with van der Waals surface area (Å²) in [7, 11) is 0. The van der Waals surface area contributed by atoms with Crippen molar-refractivity contribution in [2.45, 2.75) is 46.1 Å². The summed E-state index contributed by atoms with van der Waals surface area (Å²) in [6.45, 7) is 7.20. The minimum atomic E-state index is -0.438. The van der Waals surface area contributed by atoms with Gasteiger partial charge in [0.25, 0.3) is 0 Å². The number of benzene rings is 1. The molecule has 2 unspecified atom stereocenters. The van der Waals surface area contributed by atoms with Gasteiger partial charge in [-0.2, -0.15) is 0 Å². The fourth-order valence-electron chi connectivity index (χ4n) is 2.27. The Bertz CT molecular complexity index is 345. The molecule has 1 nitrogen and oxygen atoms in total. The first-order chi connectivity index (χ1) is 8.60. The maximum Gasteiger partial charge on any atom is 0.129 e. The number of rotatable bonds is 7. The van der Waals surface area contributed by atoms with Crippen molar-refractivity contribution in [2.24, 2.45) is 5.92 Å². The van der Waals surface area contributed by atoms with Gasteiger partial charge in [0.15, 0.2) is 0 Å². The Balaban J connectivity index is 2.70. The molecule has 1 rings (SSSR count). The molecular weight excluding hydrogens is 232 g/mol. The first-order valence-electron chi connectivity index (χ1n) is 6.76. The normalized spacial score (nSPS) is 14.5. The Morgan fingerprint density at radius 2 is 1.78 bits per heavy atom. The maximum absolute atomic E-state index is 13.6. The van der Waals surface area contributed by atoms with E-state index in [1.165, 1.54) is 18.2 Å². The van der Waals surface area contributed by atoms with E-state index in [9.17, 15) is 8.78 Å². The molecule has 0 aliphatic carbocycles. The van der Waals surface area contributed by atoms with E-state index in [1.807, 2.05) is 6.92 Å². The van der Waals surface area contributed by atoms with Crippen LogP contribution in [0.15, 0.2) is 18.2 Å². The lowest BCUT2D eigenvalue weighted by Crippen LogP contribution is -2.36. The summed E-state index contributed by atoms with van der Waals surface area (Å²) >= 11 is 0. The third-order valence-corrected chi connectivity index (χ3v) is 3.37. The van der Waals surface area contributed by atoms with Gasteiger partial charge in [0, 0.05) is 11.6 Å². The highest BCUT2D eigenvalue weighted by molar-refractivity contribution is 5.20. The van der Waals surface area contributed by atoms with Crippen LogP contribution >= 0.6 is 0 Å². The SMILES string of the molecule is CCCNC(CC)C(C)Cc1c(F)cccc1F. The molecule has 102 valence electrons. The van der Waals surface area contributed by atoms with E-state index >= 15 is 0 Å². The second-order valence-corrected chi connectivity index (χ2v) is 4.85. The Morgan fingerprint density at radius 3 is 2.28 bits per heavy atom. The molecule has 0 saturated carbocycles. The Morgan fingerprint density at radius 1 is 1.17 bits per heavy atom. The summed E-state index contributed by atoms with van der Waals surface area (Å²) in [5.41, 5.74) is 0.210. The predicted octanol–water partition coefficient (Wildman–Crippen LogP) is 3.92. The lowest BCUT2D eigenvalue weighted by atomic mass is 9.91. The summed E-state index contributed by atoms with van der Waals surface area (Å²) in [6.07, 6.45) is 2.47. The zero-order chi connectivity index (χ0) is 13.5. The minimum absolute atomic E-state index is 0.210. The van der Waals surface area contributed by atoms with Crippen molar-refractivity contribution in [1.82, 2.24) is 5.32 Å². The highest BCUT2D eigenvalue weighted by atomic mass is 19.1. The fraction of sp³-hybridized carbons (Fsp3) is 0.600. The van der Waals surface area contributed by atoms with E-state index in [2.05, 4.69) is 19.2 Å². The molecule has 0 fully saturated rings. The second-order valence-electron chi connectivity index (χ2n) is 4.85. The van der Waals surface area contributed by atoms with Crippen LogP contribution in [0.2, 0.25) is 0 Å². The summed E-state index contributed by atoms with van der Waals surface area (Å²) in [6, 6.07) is 4.37. The maximum atomic E-state index is 13.6. The van der Waals surface area contributed by atoms with Crippen LogP contribution in [-0.2, 0) is 6.42 Å². The summed E-state index contributed by atoms with van der Waals surface area (Å²) in [4.78, 5) is 0. The van der Waals surface area contributed by atoms with Crippen LogP contribution in [0.25, 0.3) is 0 Å². The molecule has 0 bridgehead atoms. The summed E-state index contributed by atoms with van der Waals surface area (Å²) in [5.74, 6) is -0.660. The first-order valence-corrected chi connectivity index (χ1v) is 6.76. The molecule has 0 aromatic heterocycles. The highest BCUT2D eigenvalue weighted by Gasteiger charge is 2.18. The molecule has 1 N–H and O–H groups in total. The smallest absolute Gasteiger partial charge is 0.129 e. The minimum Gasteiger partial charge on any atom is -0.314 e. The van der Waals surface area contributed by atoms with E-state index in [4.69, 9.17) is 0 Å². The van der Waals surface area contributed by atoms with E-state index < -0.39 is 11.6 Å². The summed E-state index contributed by atoms with van der Waals surface area (Å²) in [5, 5.41) is 3.43. The Labute approximate surface area is 109 Å². The summed E-state index contributed by atoms with van der Waals surface area (Å²) < 4.78 is 27.1. The molecule has 18 heavy (non-hydrogen) atoms. The van der Waals surface area contributed by atoms with E-state index in [1.54, 1.807) is 0 Å². The van der Waals surface area contributed by atoms with Gasteiger partial charge in [-0.05, 0) is 43.9 Å². The fourth-order valence-corrected chi connectivity index (χ4v) is 2.27. The van der Waals surface area contributed by atoms with Gasteiger partial charge < -0.3 is 5.32 Å². The van der Waals surface area contributed by atoms with Crippen LogP contribution in [-0.4, -0.2) is 12.6 Å². The van der Waals surface area contributed by atoms with Crippen molar-refractivity contribution in [3.8, 4) is 0 Å². The number of hydrogen-bond donors (Lipinski definition) is 1. The van der Waals surface area contributed by atoms with Crippen molar-refractivity contribution >= 4 is 0 Å². The van der Waals surface area contributed by atoms with E-state index in [0.717, 1.165) is 19.4 Å². The molecule has 0 heterocycles. The Kier molecular flexibility index (Phi) is 6.27. The zero-order valence-corrected chi connectivity index (χ0v) is 11.5. The van der Waals surface area contributed by atoms with Crippen molar-refractivity contribution in [2.75, 3.05) is 6.54 Å². The first kappa shape index (κ1) is 15.1. The molecule has 0 aliphatic heterocycles. The largest absolute Gasteiger partial charge is 0.314 e. The average molecular weight is 255 g/mol. The molecule has 0 spiro atoms. The van der Waals surface area contributed by atoms with Crippen LogP contribution in [0.5, 0.6) is 0 Å². The van der Waals surface area contributed by atoms with E-state index in [0.29, 0.717) is 12.5 Å². The van der Waals surface area contributed by atoms with Gasteiger partial charge >= 0.3 is 0 Å². The predicted molar refractivity (Wildman–Crippen MR) is 71.6 cm³/mol. The molecule has 3 heteroatoms. The lowest BCUT2D eigenvalue weighted by Gasteiger charge is -2.24. The molecular formula is C15H23F2N. The molecule has 0 saturated heterocycles. The van der Waals surface area contributed by atoms with Gasteiger partial charge in [-0.25, -0.2) is 8.78 Å². The van der Waals surface area contributed by atoms with Crippen LogP contribution in [0.1, 0.15) is 39.2 Å². The van der Waals surface area contributed by atoms with Crippen molar-refractivity contribution in [1.29, 1.82) is 0 Å². The molecule has 1 aromatic carbocycles.